The van der Waals surface area contributed by atoms with E-state index in [4.69, 9.17) is 4.74 Å². The van der Waals surface area contributed by atoms with Crippen molar-refractivity contribution in [2.75, 3.05) is 0 Å². The Hall–Kier alpha value is -2.89. The van der Waals surface area contributed by atoms with Crippen LogP contribution in [0.15, 0.2) is 42.5 Å². The van der Waals surface area contributed by atoms with Gasteiger partial charge in [0, 0.05) is 6.07 Å². The Bertz CT molecular complexity index is 682. The predicted octanol–water partition coefficient (Wildman–Crippen LogP) is 3.08. The third kappa shape index (κ3) is 3.36. The third-order valence-electron chi connectivity index (χ3n) is 2.89. The molecule has 0 saturated carbocycles. The molecular formula is C15H13NO5. The van der Waals surface area contributed by atoms with E-state index in [9.17, 15) is 20.0 Å². The van der Waals surface area contributed by atoms with Gasteiger partial charge in [0.15, 0.2) is 17.3 Å². The molecule has 0 aliphatic heterocycles. The number of nitro groups is 1. The molecule has 6 heteroatoms. The van der Waals surface area contributed by atoms with Gasteiger partial charge >= 0.3 is 0 Å². The second-order valence-electron chi connectivity index (χ2n) is 4.42. The first-order valence-corrected chi connectivity index (χ1v) is 6.18. The maximum absolute atomic E-state index is 11.4. The molecule has 0 bridgehead atoms. The van der Waals surface area contributed by atoms with Gasteiger partial charge in [-0.25, -0.2) is 0 Å². The predicted molar refractivity (Wildman–Crippen MR) is 75.5 cm³/mol. The lowest BCUT2D eigenvalue weighted by molar-refractivity contribution is -0.385. The van der Waals surface area contributed by atoms with Crippen molar-refractivity contribution in [3.8, 4) is 11.5 Å². The summed E-state index contributed by atoms with van der Waals surface area (Å²) in [5.74, 6) is -0.830. The molecule has 0 unspecified atom stereocenters. The van der Waals surface area contributed by atoms with Crippen molar-refractivity contribution >= 4 is 11.5 Å². The number of hydrogen-bond donors (Lipinski definition) is 1. The molecule has 0 aliphatic carbocycles. The Morgan fingerprint density at radius 2 is 1.95 bits per heavy atom. The van der Waals surface area contributed by atoms with Crippen molar-refractivity contribution < 1.29 is 19.6 Å². The Kier molecular flexibility index (Phi) is 4.18. The van der Waals surface area contributed by atoms with E-state index in [0.717, 1.165) is 17.7 Å². The van der Waals surface area contributed by atoms with E-state index in [1.54, 1.807) is 0 Å². The van der Waals surface area contributed by atoms with Crippen molar-refractivity contribution in [1.82, 2.24) is 0 Å². The summed E-state index contributed by atoms with van der Waals surface area (Å²) in [4.78, 5) is 21.7. The molecule has 0 spiro atoms. The Morgan fingerprint density at radius 1 is 1.29 bits per heavy atom. The smallest absolute Gasteiger partial charge is 0.284 e. The van der Waals surface area contributed by atoms with Crippen molar-refractivity contribution in [3.05, 3.63) is 63.7 Å². The highest BCUT2D eigenvalue weighted by atomic mass is 16.6. The molecule has 2 aromatic carbocycles. The summed E-state index contributed by atoms with van der Waals surface area (Å²) < 4.78 is 5.38. The first-order valence-electron chi connectivity index (χ1n) is 6.18. The van der Waals surface area contributed by atoms with Gasteiger partial charge in [0.1, 0.15) is 6.61 Å². The number of nitrogens with zero attached hydrogens (tertiary/aromatic N) is 1. The molecule has 1 N–H and O–H groups in total. The largest absolute Gasteiger partial charge is 0.504 e. The van der Waals surface area contributed by atoms with E-state index in [1.165, 1.54) is 6.92 Å². The molecular weight excluding hydrogens is 274 g/mol. The molecule has 0 atom stereocenters. The van der Waals surface area contributed by atoms with Crippen LogP contribution in [0, 0.1) is 10.1 Å². The molecule has 0 saturated heterocycles. The number of carbonyl (C=O) groups excluding carboxylic acids is 1. The first-order chi connectivity index (χ1) is 9.99. The van der Waals surface area contributed by atoms with Gasteiger partial charge in [-0.2, -0.15) is 0 Å². The summed E-state index contributed by atoms with van der Waals surface area (Å²) in [5, 5.41) is 20.8. The number of aromatic hydroxyl groups is 1. The van der Waals surface area contributed by atoms with Gasteiger partial charge in [0.25, 0.3) is 5.69 Å². The standard InChI is InChI=1S/C15H13NO5/c1-10(17)12-7-14(18)15(8-13(12)16(19)20)21-9-11-5-3-2-4-6-11/h2-8,18H,9H2,1H3. The first kappa shape index (κ1) is 14.5. The number of carbonyl (C=O) groups is 1. The highest BCUT2D eigenvalue weighted by molar-refractivity contribution is 5.98. The maximum Gasteiger partial charge on any atom is 0.284 e. The topological polar surface area (TPSA) is 89.7 Å². The molecule has 108 valence electrons. The fourth-order valence-corrected chi connectivity index (χ4v) is 1.84. The molecule has 0 amide bonds. The average Bonchev–Trinajstić information content (AvgIpc) is 2.46. The lowest BCUT2D eigenvalue weighted by Gasteiger charge is -2.09. The number of phenols is 1. The van der Waals surface area contributed by atoms with Crippen LogP contribution in [-0.2, 0) is 6.61 Å². The van der Waals surface area contributed by atoms with Crippen LogP contribution in [0.3, 0.4) is 0 Å². The molecule has 0 fully saturated rings. The van der Waals surface area contributed by atoms with E-state index in [0.29, 0.717) is 0 Å². The van der Waals surface area contributed by atoms with Gasteiger partial charge in [-0.3, -0.25) is 14.9 Å². The molecule has 0 aliphatic rings. The minimum Gasteiger partial charge on any atom is -0.504 e. The molecule has 21 heavy (non-hydrogen) atoms. The summed E-state index contributed by atoms with van der Waals surface area (Å²) in [7, 11) is 0. The third-order valence-corrected chi connectivity index (χ3v) is 2.89. The quantitative estimate of drug-likeness (QED) is 0.518. The minimum atomic E-state index is -0.675. The molecule has 2 aromatic rings. The fraction of sp³-hybridized carbons (Fsp3) is 0.133. The van der Waals surface area contributed by atoms with E-state index < -0.39 is 10.7 Å². The highest BCUT2D eigenvalue weighted by Crippen LogP contribution is 2.34. The van der Waals surface area contributed by atoms with Crippen LogP contribution in [0.2, 0.25) is 0 Å². The number of nitro benzene ring substituents is 1. The number of ketones is 1. The summed E-state index contributed by atoms with van der Waals surface area (Å²) in [6.07, 6.45) is 0. The van der Waals surface area contributed by atoms with E-state index >= 15 is 0 Å². The molecule has 6 nitrogen and oxygen atoms in total. The monoisotopic (exact) mass is 287 g/mol. The van der Waals surface area contributed by atoms with Crippen molar-refractivity contribution in [2.45, 2.75) is 13.5 Å². The molecule has 2 rings (SSSR count). The van der Waals surface area contributed by atoms with Crippen LogP contribution in [-0.4, -0.2) is 15.8 Å². The normalized spacial score (nSPS) is 10.1. The SMILES string of the molecule is CC(=O)c1cc(O)c(OCc2ccccc2)cc1[N+](=O)[O-]. The molecule has 0 radical (unpaired) electrons. The van der Waals surface area contributed by atoms with Crippen LogP contribution in [0.5, 0.6) is 11.5 Å². The zero-order valence-corrected chi connectivity index (χ0v) is 11.3. The summed E-state index contributed by atoms with van der Waals surface area (Å²) in [5.41, 5.74) is 0.322. The van der Waals surface area contributed by atoms with Crippen LogP contribution in [0.25, 0.3) is 0 Å². The number of Topliss-reactive ketones (excluding diaryl/α,β-unsaturated/α-hetero) is 1. The van der Waals surface area contributed by atoms with Gasteiger partial charge in [0.05, 0.1) is 16.6 Å². The van der Waals surface area contributed by atoms with Gasteiger partial charge in [-0.05, 0) is 12.5 Å². The number of phenolic OH excluding ortho intramolecular Hbond substituents is 1. The second kappa shape index (κ2) is 6.04. The summed E-state index contributed by atoms with van der Waals surface area (Å²) >= 11 is 0. The number of hydrogen-bond acceptors (Lipinski definition) is 5. The van der Waals surface area contributed by atoms with E-state index in [1.807, 2.05) is 30.3 Å². The zero-order valence-electron chi connectivity index (χ0n) is 11.3. The Balaban J connectivity index is 2.30. The second-order valence-corrected chi connectivity index (χ2v) is 4.42. The number of ether oxygens (including phenoxy) is 1. The van der Waals surface area contributed by atoms with Crippen LogP contribution < -0.4 is 4.74 Å². The van der Waals surface area contributed by atoms with Gasteiger partial charge in [0.2, 0.25) is 0 Å². The zero-order chi connectivity index (χ0) is 15.4. The lowest BCUT2D eigenvalue weighted by atomic mass is 10.1. The van der Waals surface area contributed by atoms with Crippen LogP contribution >= 0.6 is 0 Å². The Labute approximate surface area is 120 Å². The maximum atomic E-state index is 11.4. The van der Waals surface area contributed by atoms with E-state index in [-0.39, 0.29) is 29.4 Å². The van der Waals surface area contributed by atoms with Crippen molar-refractivity contribution in [2.24, 2.45) is 0 Å². The van der Waals surface area contributed by atoms with Crippen LogP contribution in [0.1, 0.15) is 22.8 Å². The van der Waals surface area contributed by atoms with Crippen molar-refractivity contribution in [3.63, 3.8) is 0 Å². The minimum absolute atomic E-state index is 0.0319. The fourth-order valence-electron chi connectivity index (χ4n) is 1.84. The number of benzene rings is 2. The highest BCUT2D eigenvalue weighted by Gasteiger charge is 2.21. The van der Waals surface area contributed by atoms with Crippen molar-refractivity contribution in [1.29, 1.82) is 0 Å². The summed E-state index contributed by atoms with van der Waals surface area (Å²) in [6.45, 7) is 1.36. The molecule has 0 heterocycles. The van der Waals surface area contributed by atoms with Crippen LogP contribution in [0.4, 0.5) is 5.69 Å². The Morgan fingerprint density at radius 3 is 2.52 bits per heavy atom. The van der Waals surface area contributed by atoms with Gasteiger partial charge in [-0.15, -0.1) is 0 Å². The van der Waals surface area contributed by atoms with Gasteiger partial charge in [-0.1, -0.05) is 30.3 Å². The number of rotatable bonds is 5. The summed E-state index contributed by atoms with van der Waals surface area (Å²) in [6, 6.07) is 11.3. The molecule has 0 aromatic heterocycles. The van der Waals surface area contributed by atoms with E-state index in [2.05, 4.69) is 0 Å². The lowest BCUT2D eigenvalue weighted by Crippen LogP contribution is -2.02. The average molecular weight is 287 g/mol. The van der Waals surface area contributed by atoms with Gasteiger partial charge < -0.3 is 9.84 Å².